The molecule has 2 heterocycles. The Morgan fingerprint density at radius 2 is 2.00 bits per heavy atom. The molecular weight excluding hydrogens is 312 g/mol. The molecule has 2 aliphatic heterocycles. The quantitative estimate of drug-likeness (QED) is 0.920. The first-order valence-electron chi connectivity index (χ1n) is 7.56. The maximum absolute atomic E-state index is 12.6. The van der Waals surface area contributed by atoms with Crippen LogP contribution in [0.25, 0.3) is 0 Å². The number of anilines is 2. The molecule has 0 radical (unpaired) electrons. The number of benzene rings is 2. The predicted molar refractivity (Wildman–Crippen MR) is 90.3 cm³/mol. The smallest absolute Gasteiger partial charge is 0.255 e. The lowest BCUT2D eigenvalue weighted by Crippen LogP contribution is -2.24. The van der Waals surface area contributed by atoms with Crippen LogP contribution in [-0.2, 0) is 17.6 Å². The lowest BCUT2D eigenvalue weighted by atomic mass is 10.0. The van der Waals surface area contributed by atoms with Gasteiger partial charge in [0.1, 0.15) is 0 Å². The number of nitrogens with one attached hydrogen (secondary N) is 1. The van der Waals surface area contributed by atoms with Crippen molar-refractivity contribution in [3.05, 3.63) is 57.6 Å². The molecule has 5 heteroatoms. The molecule has 0 fully saturated rings. The van der Waals surface area contributed by atoms with E-state index in [0.717, 1.165) is 41.0 Å². The third kappa shape index (κ3) is 2.30. The summed E-state index contributed by atoms with van der Waals surface area (Å²) in [5.41, 5.74) is 5.33. The molecule has 4 rings (SSSR count). The minimum Gasteiger partial charge on any atom is -0.322 e. The number of hydrogen-bond acceptors (Lipinski definition) is 2. The number of nitrogens with zero attached hydrogens (tertiary/aromatic N) is 1. The van der Waals surface area contributed by atoms with Crippen LogP contribution in [0, 0.1) is 6.92 Å². The zero-order chi connectivity index (χ0) is 16.1. The number of carbonyl (C=O) groups is 2. The van der Waals surface area contributed by atoms with Gasteiger partial charge in [0.25, 0.3) is 5.91 Å². The highest BCUT2D eigenvalue weighted by atomic mass is 35.5. The van der Waals surface area contributed by atoms with Gasteiger partial charge in [-0.1, -0.05) is 11.6 Å². The minimum atomic E-state index is -0.160. The third-order valence-corrected chi connectivity index (χ3v) is 4.72. The van der Waals surface area contributed by atoms with E-state index in [-0.39, 0.29) is 11.8 Å². The van der Waals surface area contributed by atoms with E-state index in [1.807, 2.05) is 30.0 Å². The molecule has 0 unspecified atom stereocenters. The molecule has 1 N–H and O–H groups in total. The van der Waals surface area contributed by atoms with E-state index in [9.17, 15) is 9.59 Å². The van der Waals surface area contributed by atoms with Crippen molar-refractivity contribution in [2.75, 3.05) is 16.8 Å². The van der Waals surface area contributed by atoms with Crippen molar-refractivity contribution in [1.82, 2.24) is 0 Å². The molecule has 2 aromatic rings. The van der Waals surface area contributed by atoms with Crippen LogP contribution in [-0.4, -0.2) is 18.4 Å². The number of halogens is 1. The summed E-state index contributed by atoms with van der Waals surface area (Å²) in [6, 6.07) is 9.10. The zero-order valence-electron chi connectivity index (χ0n) is 12.6. The number of carbonyl (C=O) groups excluding carboxylic acids is 2. The molecule has 0 bridgehead atoms. The highest BCUT2D eigenvalue weighted by Gasteiger charge is 2.34. The fourth-order valence-corrected chi connectivity index (χ4v) is 3.60. The standard InChI is InChI=1S/C18H15ClN2O2/c1-10-6-14(19)2-3-15(10)20-18(23)13-7-11-4-5-21-16(22)9-12(8-13)17(11)21/h2-3,6-8H,4-5,9H2,1H3,(H,20,23). The molecule has 0 aliphatic carbocycles. The number of hydrogen-bond donors (Lipinski definition) is 1. The maximum atomic E-state index is 12.6. The highest BCUT2D eigenvalue weighted by Crippen LogP contribution is 2.38. The van der Waals surface area contributed by atoms with Crippen molar-refractivity contribution in [3.8, 4) is 0 Å². The summed E-state index contributed by atoms with van der Waals surface area (Å²) in [4.78, 5) is 26.4. The topological polar surface area (TPSA) is 49.4 Å². The first-order chi connectivity index (χ1) is 11.0. The molecule has 4 nitrogen and oxygen atoms in total. The average molecular weight is 327 g/mol. The van der Waals surface area contributed by atoms with Crippen LogP contribution in [0.2, 0.25) is 5.02 Å². The third-order valence-electron chi connectivity index (χ3n) is 4.48. The van der Waals surface area contributed by atoms with Gasteiger partial charge in [0, 0.05) is 22.8 Å². The Hall–Kier alpha value is -2.33. The van der Waals surface area contributed by atoms with E-state index < -0.39 is 0 Å². The number of amides is 2. The van der Waals surface area contributed by atoms with Gasteiger partial charge in [-0.05, 0) is 60.4 Å². The summed E-state index contributed by atoms with van der Waals surface area (Å²) in [6.45, 7) is 2.63. The van der Waals surface area contributed by atoms with E-state index in [1.165, 1.54) is 0 Å². The summed E-state index contributed by atoms with van der Waals surface area (Å²) in [6.07, 6.45) is 1.21. The fourth-order valence-electron chi connectivity index (χ4n) is 3.38. The molecular formula is C18H15ClN2O2. The van der Waals surface area contributed by atoms with Crippen LogP contribution >= 0.6 is 11.6 Å². The maximum Gasteiger partial charge on any atom is 0.255 e. The van der Waals surface area contributed by atoms with Gasteiger partial charge >= 0.3 is 0 Å². The van der Waals surface area contributed by atoms with Gasteiger partial charge in [-0.15, -0.1) is 0 Å². The Morgan fingerprint density at radius 3 is 2.78 bits per heavy atom. The monoisotopic (exact) mass is 326 g/mol. The van der Waals surface area contributed by atoms with E-state index in [1.54, 1.807) is 12.1 Å². The van der Waals surface area contributed by atoms with Crippen molar-refractivity contribution in [2.24, 2.45) is 0 Å². The molecule has 116 valence electrons. The van der Waals surface area contributed by atoms with Gasteiger partial charge in [0.2, 0.25) is 5.91 Å². The van der Waals surface area contributed by atoms with Crippen molar-refractivity contribution in [3.63, 3.8) is 0 Å². The molecule has 0 spiro atoms. The molecule has 0 saturated carbocycles. The van der Waals surface area contributed by atoms with Crippen molar-refractivity contribution >= 4 is 34.8 Å². The fraction of sp³-hybridized carbons (Fsp3) is 0.222. The van der Waals surface area contributed by atoms with E-state index in [4.69, 9.17) is 11.6 Å². The average Bonchev–Trinajstić information content (AvgIpc) is 3.07. The Balaban J connectivity index is 1.66. The van der Waals surface area contributed by atoms with Gasteiger partial charge < -0.3 is 10.2 Å². The molecule has 0 saturated heterocycles. The van der Waals surface area contributed by atoms with Crippen LogP contribution in [0.4, 0.5) is 11.4 Å². The Morgan fingerprint density at radius 1 is 1.22 bits per heavy atom. The zero-order valence-corrected chi connectivity index (χ0v) is 13.4. The van der Waals surface area contributed by atoms with Crippen molar-refractivity contribution in [1.29, 1.82) is 0 Å². The van der Waals surface area contributed by atoms with E-state index >= 15 is 0 Å². The normalized spacial score (nSPS) is 15.0. The second-order valence-electron chi connectivity index (χ2n) is 6.03. The van der Waals surface area contributed by atoms with Gasteiger partial charge in [-0.3, -0.25) is 9.59 Å². The summed E-state index contributed by atoms with van der Waals surface area (Å²) in [7, 11) is 0. The van der Waals surface area contributed by atoms with E-state index in [0.29, 0.717) is 17.0 Å². The summed E-state index contributed by atoms with van der Waals surface area (Å²) >= 11 is 5.94. The largest absolute Gasteiger partial charge is 0.322 e. The molecule has 0 aromatic heterocycles. The summed E-state index contributed by atoms with van der Waals surface area (Å²) in [5.74, 6) is -0.0304. The second-order valence-corrected chi connectivity index (χ2v) is 6.47. The highest BCUT2D eigenvalue weighted by molar-refractivity contribution is 6.30. The van der Waals surface area contributed by atoms with Crippen LogP contribution < -0.4 is 10.2 Å². The van der Waals surface area contributed by atoms with Crippen LogP contribution in [0.5, 0.6) is 0 Å². The first-order valence-corrected chi connectivity index (χ1v) is 7.94. The summed E-state index contributed by atoms with van der Waals surface area (Å²) < 4.78 is 0. The second kappa shape index (κ2) is 5.10. The Bertz CT molecular complexity index is 860. The lowest BCUT2D eigenvalue weighted by molar-refractivity contribution is -0.117. The molecule has 2 amide bonds. The molecule has 23 heavy (non-hydrogen) atoms. The number of rotatable bonds is 2. The SMILES string of the molecule is Cc1cc(Cl)ccc1NC(=O)c1cc2c3c(c1)CC(=O)N3CC2. The van der Waals surface area contributed by atoms with Crippen molar-refractivity contribution < 1.29 is 9.59 Å². The van der Waals surface area contributed by atoms with Crippen LogP contribution in [0.1, 0.15) is 27.0 Å². The van der Waals surface area contributed by atoms with Gasteiger partial charge in [0.05, 0.1) is 12.1 Å². The van der Waals surface area contributed by atoms with Crippen LogP contribution in [0.15, 0.2) is 30.3 Å². The Kier molecular flexibility index (Phi) is 3.16. The molecule has 2 aromatic carbocycles. The molecule has 2 aliphatic rings. The van der Waals surface area contributed by atoms with Crippen LogP contribution in [0.3, 0.4) is 0 Å². The van der Waals surface area contributed by atoms with Gasteiger partial charge in [0.15, 0.2) is 0 Å². The van der Waals surface area contributed by atoms with Crippen molar-refractivity contribution in [2.45, 2.75) is 19.8 Å². The van der Waals surface area contributed by atoms with Gasteiger partial charge in [-0.2, -0.15) is 0 Å². The van der Waals surface area contributed by atoms with Gasteiger partial charge in [-0.25, -0.2) is 0 Å². The lowest BCUT2D eigenvalue weighted by Gasteiger charge is -2.11. The number of aryl methyl sites for hydroxylation is 1. The predicted octanol–water partition coefficient (Wildman–Crippen LogP) is 3.35. The Labute approximate surface area is 139 Å². The first kappa shape index (κ1) is 14.3. The molecule has 0 atom stereocenters. The summed E-state index contributed by atoms with van der Waals surface area (Å²) in [5, 5.41) is 3.57. The van der Waals surface area contributed by atoms with E-state index in [2.05, 4.69) is 5.32 Å². The minimum absolute atomic E-state index is 0.129.